The predicted octanol–water partition coefficient (Wildman–Crippen LogP) is 3.01. The first-order valence-corrected chi connectivity index (χ1v) is 8.92. The van der Waals surface area contributed by atoms with Crippen LogP contribution >= 0.6 is 0 Å². The molecule has 1 amide bonds. The quantitative estimate of drug-likeness (QED) is 0.833. The van der Waals surface area contributed by atoms with E-state index in [9.17, 15) is 9.59 Å². The van der Waals surface area contributed by atoms with Gasteiger partial charge in [-0.3, -0.25) is 9.59 Å². The van der Waals surface area contributed by atoms with Gasteiger partial charge in [0.15, 0.2) is 0 Å². The molecule has 5 heteroatoms. The summed E-state index contributed by atoms with van der Waals surface area (Å²) in [5.74, 6) is -0.232. The van der Waals surface area contributed by atoms with E-state index >= 15 is 0 Å². The number of aromatic nitrogens is 1. The fourth-order valence-electron chi connectivity index (χ4n) is 3.19. The molecule has 1 saturated heterocycles. The van der Waals surface area contributed by atoms with E-state index in [4.69, 9.17) is 4.74 Å². The van der Waals surface area contributed by atoms with Crippen LogP contribution in [-0.2, 0) is 11.8 Å². The number of rotatable bonds is 2. The Labute approximate surface area is 154 Å². The number of nitrogens with zero attached hydrogens (tertiary/aromatic N) is 2. The Morgan fingerprint density at radius 2 is 1.77 bits per heavy atom. The maximum atomic E-state index is 13.1. The molecule has 1 fully saturated rings. The molecule has 1 aliphatic rings. The summed E-state index contributed by atoms with van der Waals surface area (Å²) in [4.78, 5) is 27.2. The SMILES string of the molecule is Cn1cccc(C(=O)N2C[C@@H](c3ccccc3)O[C@@H](C(C)(C)C)C2)c1=O. The first kappa shape index (κ1) is 18.4. The van der Waals surface area contributed by atoms with Crippen LogP contribution in [0.5, 0.6) is 0 Å². The van der Waals surface area contributed by atoms with Crippen LogP contribution in [0.1, 0.15) is 42.8 Å². The Balaban J connectivity index is 1.93. The number of aryl methyl sites for hydroxylation is 1. The maximum Gasteiger partial charge on any atom is 0.263 e. The van der Waals surface area contributed by atoms with Crippen molar-refractivity contribution in [1.29, 1.82) is 0 Å². The Bertz CT molecular complexity index is 836. The minimum Gasteiger partial charge on any atom is -0.366 e. The normalized spacial score (nSPS) is 20.8. The van der Waals surface area contributed by atoms with Crippen molar-refractivity contribution in [1.82, 2.24) is 9.47 Å². The fourth-order valence-corrected chi connectivity index (χ4v) is 3.19. The van der Waals surface area contributed by atoms with E-state index in [0.717, 1.165) is 5.56 Å². The van der Waals surface area contributed by atoms with E-state index in [-0.39, 0.29) is 34.7 Å². The molecule has 2 heterocycles. The molecule has 0 unspecified atom stereocenters. The molecule has 2 aromatic rings. The average molecular weight is 354 g/mol. The summed E-state index contributed by atoms with van der Waals surface area (Å²) in [5, 5.41) is 0. The second-order valence-corrected chi connectivity index (χ2v) is 7.94. The van der Waals surface area contributed by atoms with E-state index < -0.39 is 0 Å². The summed E-state index contributed by atoms with van der Waals surface area (Å²) in [6.45, 7) is 7.23. The van der Waals surface area contributed by atoms with Crippen molar-refractivity contribution in [3.63, 3.8) is 0 Å². The highest BCUT2D eigenvalue weighted by molar-refractivity contribution is 5.94. The van der Waals surface area contributed by atoms with Crippen molar-refractivity contribution in [3.05, 3.63) is 70.1 Å². The standard InChI is InChI=1S/C21H26N2O3/c1-21(2,3)18-14-23(13-17(26-18)15-9-6-5-7-10-15)20(25)16-11-8-12-22(4)19(16)24/h5-12,17-18H,13-14H2,1-4H3/t17-,18+/m0/s1. The molecule has 138 valence electrons. The maximum absolute atomic E-state index is 13.1. The van der Waals surface area contributed by atoms with Crippen LogP contribution in [-0.4, -0.2) is 34.6 Å². The second-order valence-electron chi connectivity index (χ2n) is 7.94. The van der Waals surface area contributed by atoms with E-state index in [1.807, 2.05) is 30.3 Å². The molecular weight excluding hydrogens is 328 g/mol. The Morgan fingerprint density at radius 1 is 1.08 bits per heavy atom. The topological polar surface area (TPSA) is 51.5 Å². The molecule has 0 aliphatic carbocycles. The molecule has 5 nitrogen and oxygen atoms in total. The zero-order valence-corrected chi connectivity index (χ0v) is 15.8. The lowest BCUT2D eigenvalue weighted by atomic mass is 9.87. The minimum atomic E-state index is -0.271. The molecule has 1 aromatic heterocycles. The lowest BCUT2D eigenvalue weighted by molar-refractivity contribution is -0.119. The number of carbonyl (C=O) groups is 1. The largest absolute Gasteiger partial charge is 0.366 e. The first-order valence-electron chi connectivity index (χ1n) is 8.92. The zero-order valence-electron chi connectivity index (χ0n) is 15.8. The van der Waals surface area contributed by atoms with E-state index in [1.165, 1.54) is 4.57 Å². The summed E-state index contributed by atoms with van der Waals surface area (Å²) in [5.41, 5.74) is 0.859. The lowest BCUT2D eigenvalue weighted by Crippen LogP contribution is -2.52. The van der Waals surface area contributed by atoms with Gasteiger partial charge >= 0.3 is 0 Å². The monoisotopic (exact) mass is 354 g/mol. The summed E-state index contributed by atoms with van der Waals surface area (Å²) < 4.78 is 7.76. The third kappa shape index (κ3) is 3.73. The fraction of sp³-hybridized carbons (Fsp3) is 0.429. The van der Waals surface area contributed by atoms with Gasteiger partial charge in [0.1, 0.15) is 11.7 Å². The van der Waals surface area contributed by atoms with Gasteiger partial charge in [0.2, 0.25) is 0 Å². The average Bonchev–Trinajstić information content (AvgIpc) is 2.63. The van der Waals surface area contributed by atoms with Crippen LogP contribution < -0.4 is 5.56 Å². The van der Waals surface area contributed by atoms with Gasteiger partial charge in [0.25, 0.3) is 11.5 Å². The van der Waals surface area contributed by atoms with Gasteiger partial charge in [-0.15, -0.1) is 0 Å². The van der Waals surface area contributed by atoms with E-state index in [2.05, 4.69) is 20.8 Å². The number of amides is 1. The summed E-state index contributed by atoms with van der Waals surface area (Å²) in [6.07, 6.45) is 1.34. The van der Waals surface area contributed by atoms with Gasteiger partial charge in [0, 0.05) is 19.8 Å². The summed E-state index contributed by atoms with van der Waals surface area (Å²) in [6, 6.07) is 13.3. The highest BCUT2D eigenvalue weighted by atomic mass is 16.5. The highest BCUT2D eigenvalue weighted by Gasteiger charge is 2.38. The molecule has 26 heavy (non-hydrogen) atoms. The lowest BCUT2D eigenvalue weighted by Gasteiger charge is -2.43. The Kier molecular flexibility index (Phi) is 5.01. The molecule has 1 aliphatic heterocycles. The van der Waals surface area contributed by atoms with Gasteiger partial charge in [-0.25, -0.2) is 0 Å². The highest BCUT2D eigenvalue weighted by Crippen LogP contribution is 2.33. The smallest absolute Gasteiger partial charge is 0.263 e. The zero-order chi connectivity index (χ0) is 18.9. The van der Waals surface area contributed by atoms with Crippen molar-refractivity contribution < 1.29 is 9.53 Å². The predicted molar refractivity (Wildman–Crippen MR) is 101 cm³/mol. The van der Waals surface area contributed by atoms with Gasteiger partial charge in [0.05, 0.1) is 12.6 Å². The molecule has 2 atom stereocenters. The number of carbonyl (C=O) groups excluding carboxylic acids is 1. The van der Waals surface area contributed by atoms with Crippen molar-refractivity contribution in [2.24, 2.45) is 12.5 Å². The van der Waals surface area contributed by atoms with Crippen LogP contribution in [0.25, 0.3) is 0 Å². The molecule has 1 aromatic carbocycles. The van der Waals surface area contributed by atoms with Crippen LogP contribution in [0.3, 0.4) is 0 Å². The van der Waals surface area contributed by atoms with Crippen molar-refractivity contribution in [2.45, 2.75) is 33.0 Å². The molecule has 3 rings (SSSR count). The number of pyridine rings is 1. The summed E-state index contributed by atoms with van der Waals surface area (Å²) in [7, 11) is 1.66. The molecular formula is C21H26N2O3. The Hall–Kier alpha value is -2.40. The van der Waals surface area contributed by atoms with Gasteiger partial charge in [-0.1, -0.05) is 51.1 Å². The van der Waals surface area contributed by atoms with Gasteiger partial charge in [-0.2, -0.15) is 0 Å². The minimum absolute atomic E-state index is 0.113. The number of hydrogen-bond donors (Lipinski definition) is 0. The van der Waals surface area contributed by atoms with Crippen LogP contribution in [0.15, 0.2) is 53.5 Å². The third-order valence-electron chi connectivity index (χ3n) is 4.88. The number of morpholine rings is 1. The number of hydrogen-bond acceptors (Lipinski definition) is 3. The number of ether oxygens (including phenoxy) is 1. The first-order chi connectivity index (χ1) is 12.3. The van der Waals surface area contributed by atoms with E-state index in [0.29, 0.717) is 13.1 Å². The van der Waals surface area contributed by atoms with Crippen molar-refractivity contribution in [2.75, 3.05) is 13.1 Å². The van der Waals surface area contributed by atoms with Crippen LogP contribution in [0.4, 0.5) is 0 Å². The van der Waals surface area contributed by atoms with E-state index in [1.54, 1.807) is 30.3 Å². The van der Waals surface area contributed by atoms with Crippen molar-refractivity contribution in [3.8, 4) is 0 Å². The number of benzene rings is 1. The Morgan fingerprint density at radius 3 is 2.42 bits per heavy atom. The molecule has 0 radical (unpaired) electrons. The van der Waals surface area contributed by atoms with Crippen LogP contribution in [0.2, 0.25) is 0 Å². The summed E-state index contributed by atoms with van der Waals surface area (Å²) >= 11 is 0. The third-order valence-corrected chi connectivity index (χ3v) is 4.88. The van der Waals surface area contributed by atoms with Crippen molar-refractivity contribution >= 4 is 5.91 Å². The molecule has 0 N–H and O–H groups in total. The van der Waals surface area contributed by atoms with Crippen LogP contribution in [0, 0.1) is 5.41 Å². The molecule has 0 spiro atoms. The molecule has 0 bridgehead atoms. The second kappa shape index (κ2) is 7.08. The van der Waals surface area contributed by atoms with Gasteiger partial charge < -0.3 is 14.2 Å². The van der Waals surface area contributed by atoms with Gasteiger partial charge in [-0.05, 0) is 23.1 Å². The molecule has 0 saturated carbocycles.